The lowest BCUT2D eigenvalue weighted by atomic mass is 9.68. The minimum Gasteiger partial charge on any atom is -0.507 e. The van der Waals surface area contributed by atoms with Gasteiger partial charge in [0.05, 0.1) is 29.3 Å². The number of benzene rings is 1. The molecule has 3 fully saturated rings. The summed E-state index contributed by atoms with van der Waals surface area (Å²) >= 11 is 0. The maximum Gasteiger partial charge on any atom is 0.233 e. The van der Waals surface area contributed by atoms with Crippen molar-refractivity contribution in [1.29, 1.82) is 0 Å². The van der Waals surface area contributed by atoms with Crippen molar-refractivity contribution in [1.82, 2.24) is 30.1 Å². The summed E-state index contributed by atoms with van der Waals surface area (Å²) in [5.74, 6) is 0.487. The van der Waals surface area contributed by atoms with Gasteiger partial charge in [0.2, 0.25) is 5.88 Å². The van der Waals surface area contributed by atoms with E-state index < -0.39 is 17.8 Å². The number of hydrogen-bond acceptors (Lipinski definition) is 7. The molecule has 1 aliphatic carbocycles. The quantitative estimate of drug-likeness (QED) is 0.707. The number of nitrogens with zero attached hydrogens (tertiary/aromatic N) is 6. The first-order valence-corrected chi connectivity index (χ1v) is 10.0. The summed E-state index contributed by atoms with van der Waals surface area (Å²) in [6.07, 6.45) is 3.44. The Bertz CT molecular complexity index is 1040. The second-order valence-electron chi connectivity index (χ2n) is 8.33. The fourth-order valence-electron chi connectivity index (χ4n) is 4.58. The van der Waals surface area contributed by atoms with E-state index in [0.717, 1.165) is 19.4 Å². The molecule has 6 rings (SSSR count). The highest BCUT2D eigenvalue weighted by molar-refractivity contribution is 5.68. The monoisotopic (exact) mass is 410 g/mol. The lowest BCUT2D eigenvalue weighted by molar-refractivity contribution is -0.136. The molecule has 4 heterocycles. The zero-order chi connectivity index (χ0) is 20.9. The maximum atomic E-state index is 15.2. The molecular weight excluding hydrogens is 387 g/mol. The first kappa shape index (κ1) is 18.9. The fourth-order valence-corrected chi connectivity index (χ4v) is 4.58. The third kappa shape index (κ3) is 3.00. The van der Waals surface area contributed by atoms with Crippen LogP contribution in [0.15, 0.2) is 42.7 Å². The maximum absolute atomic E-state index is 15.2. The lowest BCUT2D eigenvalue weighted by Crippen LogP contribution is -2.68. The van der Waals surface area contributed by atoms with Crippen LogP contribution in [0.25, 0.3) is 16.9 Å². The van der Waals surface area contributed by atoms with E-state index in [1.54, 1.807) is 47.4 Å². The Balaban J connectivity index is 1.34. The summed E-state index contributed by atoms with van der Waals surface area (Å²) in [7, 11) is 1.98. The van der Waals surface area contributed by atoms with Gasteiger partial charge in [-0.25, -0.2) is 9.07 Å². The highest BCUT2D eigenvalue weighted by atomic mass is 19.1. The van der Waals surface area contributed by atoms with Gasteiger partial charge in [-0.1, -0.05) is 5.21 Å². The van der Waals surface area contributed by atoms with Crippen LogP contribution in [-0.4, -0.2) is 66.6 Å². The van der Waals surface area contributed by atoms with Crippen LogP contribution in [-0.2, 0) is 0 Å². The average molecular weight is 410 g/mol. The van der Waals surface area contributed by atoms with Crippen molar-refractivity contribution >= 4 is 0 Å². The molecule has 2 bridgehead atoms. The Morgan fingerprint density at radius 1 is 1.23 bits per heavy atom. The molecule has 0 radical (unpaired) electrons. The summed E-state index contributed by atoms with van der Waals surface area (Å²) in [6, 6.07) is 8.52. The number of aromatic nitrogens is 5. The van der Waals surface area contributed by atoms with Gasteiger partial charge in [0.1, 0.15) is 11.9 Å². The second kappa shape index (κ2) is 7.02. The minimum absolute atomic E-state index is 0.0512. The van der Waals surface area contributed by atoms with Crippen molar-refractivity contribution in [2.45, 2.75) is 37.6 Å². The van der Waals surface area contributed by atoms with Crippen molar-refractivity contribution < 1.29 is 14.2 Å². The molecule has 3 aromatic rings. The molecule has 9 heteroatoms. The lowest BCUT2D eigenvalue weighted by Gasteiger charge is -2.56. The normalized spacial score (nSPS) is 28.6. The van der Waals surface area contributed by atoms with Crippen molar-refractivity contribution in [3.8, 4) is 28.6 Å². The third-order valence-electron chi connectivity index (χ3n) is 6.59. The van der Waals surface area contributed by atoms with Gasteiger partial charge in [-0.15, -0.1) is 15.3 Å². The Morgan fingerprint density at radius 2 is 2.10 bits per heavy atom. The smallest absolute Gasteiger partial charge is 0.233 e. The number of piperidine rings is 2. The van der Waals surface area contributed by atoms with Gasteiger partial charge in [-0.3, -0.25) is 4.90 Å². The highest BCUT2D eigenvalue weighted by Crippen LogP contribution is 2.45. The van der Waals surface area contributed by atoms with E-state index in [9.17, 15) is 5.11 Å². The van der Waals surface area contributed by atoms with E-state index in [-0.39, 0.29) is 11.7 Å². The van der Waals surface area contributed by atoms with E-state index in [2.05, 4.69) is 25.4 Å². The van der Waals surface area contributed by atoms with Gasteiger partial charge in [-0.2, -0.15) is 0 Å². The van der Waals surface area contributed by atoms with E-state index in [1.807, 2.05) is 14.0 Å². The number of ether oxygens (including phenoxy) is 1. The Labute approximate surface area is 173 Å². The van der Waals surface area contributed by atoms with E-state index in [1.165, 1.54) is 0 Å². The van der Waals surface area contributed by atoms with E-state index >= 15 is 4.39 Å². The molecule has 1 N–H and O–H groups in total. The Hall–Kier alpha value is -3.07. The SMILES string of the molecule is CN1C[C@H]2CC[C@]1(C)C(F)C2Oc1ccc(-c2ccc(-n3ccnn3)cc2O)nn1. The molecule has 156 valence electrons. The zero-order valence-corrected chi connectivity index (χ0v) is 16.8. The summed E-state index contributed by atoms with van der Waals surface area (Å²) in [5.41, 5.74) is 1.22. The molecule has 1 aromatic carbocycles. The Morgan fingerprint density at radius 3 is 2.77 bits per heavy atom. The number of fused-ring (bicyclic) bond motifs is 3. The average Bonchev–Trinajstić information content (AvgIpc) is 3.28. The van der Waals surface area contributed by atoms with Crippen LogP contribution in [0.3, 0.4) is 0 Å². The van der Waals surface area contributed by atoms with Gasteiger partial charge in [0.25, 0.3) is 0 Å². The van der Waals surface area contributed by atoms with Gasteiger partial charge in [-0.05, 0) is 45.0 Å². The van der Waals surface area contributed by atoms with Crippen LogP contribution in [0.5, 0.6) is 11.6 Å². The van der Waals surface area contributed by atoms with Crippen LogP contribution in [0.2, 0.25) is 0 Å². The first-order valence-electron chi connectivity index (χ1n) is 10.0. The number of halogens is 1. The summed E-state index contributed by atoms with van der Waals surface area (Å²) in [5, 5.41) is 26.4. The van der Waals surface area contributed by atoms with Crippen LogP contribution >= 0.6 is 0 Å². The molecule has 2 unspecified atom stereocenters. The molecule has 4 atom stereocenters. The molecule has 30 heavy (non-hydrogen) atoms. The second-order valence-corrected chi connectivity index (χ2v) is 8.33. The van der Waals surface area contributed by atoms with Crippen molar-refractivity contribution in [3.05, 3.63) is 42.7 Å². The van der Waals surface area contributed by atoms with Gasteiger partial charge < -0.3 is 9.84 Å². The standard InChI is InChI=1S/C21H23FN6O2/c1-21-8-7-13(12-27(21)2)19(20(21)22)30-18-6-5-16(24-25-18)15-4-3-14(11-17(15)29)28-10-9-23-26-28/h3-6,9-11,13,19-20,29H,7-8,12H2,1-2H3/t13-,19?,20?,21-/m1/s1. The van der Waals surface area contributed by atoms with Crippen molar-refractivity contribution in [2.75, 3.05) is 13.6 Å². The molecule has 3 aliphatic rings. The van der Waals surface area contributed by atoms with Crippen LogP contribution in [0.4, 0.5) is 4.39 Å². The molecule has 2 saturated heterocycles. The number of hydrogen-bond donors (Lipinski definition) is 1. The number of phenolic OH excluding ortho intramolecular Hbond substituents is 1. The summed E-state index contributed by atoms with van der Waals surface area (Å²) < 4.78 is 22.7. The summed E-state index contributed by atoms with van der Waals surface area (Å²) in [6.45, 7) is 2.78. The fraction of sp³-hybridized carbons (Fsp3) is 0.429. The molecule has 1 saturated carbocycles. The molecule has 8 nitrogen and oxygen atoms in total. The Kier molecular flexibility index (Phi) is 4.43. The van der Waals surface area contributed by atoms with Gasteiger partial charge >= 0.3 is 0 Å². The molecule has 2 aliphatic heterocycles. The molecule has 2 aromatic heterocycles. The molecule has 0 spiro atoms. The topological polar surface area (TPSA) is 89.2 Å². The highest BCUT2D eigenvalue weighted by Gasteiger charge is 2.55. The van der Waals surface area contributed by atoms with Crippen LogP contribution in [0, 0.1) is 5.92 Å². The number of phenols is 1. The third-order valence-corrected chi connectivity index (χ3v) is 6.59. The van der Waals surface area contributed by atoms with Crippen LogP contribution in [0.1, 0.15) is 19.8 Å². The molecular formula is C21H23FN6O2. The number of rotatable bonds is 4. The predicted octanol–water partition coefficient (Wildman–Crippen LogP) is 2.63. The van der Waals surface area contributed by atoms with Gasteiger partial charge in [0, 0.05) is 30.2 Å². The van der Waals surface area contributed by atoms with Crippen molar-refractivity contribution in [3.63, 3.8) is 0 Å². The van der Waals surface area contributed by atoms with Crippen molar-refractivity contribution in [2.24, 2.45) is 5.92 Å². The minimum atomic E-state index is -1.08. The number of aromatic hydroxyl groups is 1. The summed E-state index contributed by atoms with van der Waals surface area (Å²) in [4.78, 5) is 2.10. The molecule has 0 amide bonds. The van der Waals surface area contributed by atoms with E-state index in [4.69, 9.17) is 4.74 Å². The zero-order valence-electron chi connectivity index (χ0n) is 16.8. The largest absolute Gasteiger partial charge is 0.507 e. The van der Waals surface area contributed by atoms with E-state index in [0.29, 0.717) is 22.8 Å². The van der Waals surface area contributed by atoms with Gasteiger partial charge in [0.15, 0.2) is 6.17 Å². The van der Waals surface area contributed by atoms with Crippen LogP contribution < -0.4 is 4.74 Å². The first-order chi connectivity index (χ1) is 14.5. The predicted molar refractivity (Wildman–Crippen MR) is 107 cm³/mol. The number of alkyl halides is 1.